The molecule has 14 aromatic heterocycles. The summed E-state index contributed by atoms with van der Waals surface area (Å²) in [7, 11) is 0. The number of hydrogen-bond acceptors (Lipinski definition) is 14. The van der Waals surface area contributed by atoms with Crippen molar-refractivity contribution in [1.29, 1.82) is 0 Å². The number of rotatable bonds is 16. The first-order chi connectivity index (χ1) is 71.2. The summed E-state index contributed by atoms with van der Waals surface area (Å²) >= 11 is 3.83. The Labute approximate surface area is 893 Å². The topological polar surface area (TPSA) is 281 Å². The predicted octanol–water partition coefficient (Wildman–Crippen LogP) is 36.7. The number of pyridine rings is 4. The SMILES string of the molecule is CC(C)c1ccc2c(c1)ncc1[nH]c(C(C)C)nc12.CC(C)c1ccc2c(ccc3[nH]c(C(C)C)nc32)c1.CC(C)c1cnc2c(ccc3[nH]c(C(C)C)nc32)c1.CC(C)c1nc2c([nH]1)C(C)(C)c1cc(C(C)C)sc1-2.CC(C)c1nc2c([nH]1)Cc1cc(C(C)C)sc1-2.CC(C)c1nc2c(ccc3c(C(C)C)cccc32)[nH]1.CC(C)c1nc2ccc3[nH]c(C(C)C)ccc3c2n1.CC(C)c1nc2ccc3cc(C(C)C)[nH]cc3c2n1. The number of nitrogens with zero attached hydrogens (tertiary/aromatic N) is 12. The number of aromatic nitrogens is 20. The number of thiophene rings is 2. The molecule has 8 N–H and O–H groups in total. The summed E-state index contributed by atoms with van der Waals surface area (Å²) in [6.45, 7) is 74.6. The van der Waals surface area contributed by atoms with Crippen LogP contribution in [0.25, 0.3) is 152 Å². The van der Waals surface area contributed by atoms with E-state index in [1.807, 2.05) is 35.1 Å². The number of benzene rings is 8. The van der Waals surface area contributed by atoms with Gasteiger partial charge in [-0.15, -0.1) is 22.7 Å². The van der Waals surface area contributed by atoms with Crippen LogP contribution in [0.4, 0.5) is 0 Å². The number of imidazole rings is 8. The quantitative estimate of drug-likeness (QED) is 0.0448. The van der Waals surface area contributed by atoms with Crippen LogP contribution >= 0.6 is 22.7 Å². The maximum Gasteiger partial charge on any atom is 0.132 e. The van der Waals surface area contributed by atoms with Crippen molar-refractivity contribution < 1.29 is 0 Å². The molecule has 780 valence electrons. The van der Waals surface area contributed by atoms with E-state index < -0.39 is 0 Å². The smallest absolute Gasteiger partial charge is 0.132 e. The summed E-state index contributed by atoms with van der Waals surface area (Å²) < 4.78 is 0. The molecule has 0 atom stereocenters. The van der Waals surface area contributed by atoms with E-state index in [1.54, 1.807) is 0 Å². The molecule has 20 nitrogen and oxygen atoms in total. The van der Waals surface area contributed by atoms with E-state index in [2.05, 4.69) is 463 Å². The molecule has 8 aromatic carbocycles. The first-order valence-electron chi connectivity index (χ1n) is 54.7. The van der Waals surface area contributed by atoms with Gasteiger partial charge in [0, 0.05) is 136 Å². The van der Waals surface area contributed by atoms with Crippen molar-refractivity contribution in [2.24, 2.45) is 0 Å². The summed E-state index contributed by atoms with van der Waals surface area (Å²) in [6.07, 6.45) is 6.95. The summed E-state index contributed by atoms with van der Waals surface area (Å²) in [5.41, 5.74) is 31.6. The molecular weight excluding hydrogens is 1880 g/mol. The molecule has 22 aromatic rings. The molecule has 0 saturated carbocycles. The van der Waals surface area contributed by atoms with Gasteiger partial charge in [-0.05, 0) is 176 Å². The minimum atomic E-state index is 0.0639. The summed E-state index contributed by atoms with van der Waals surface area (Å²) in [5, 5.41) is 10.9. The van der Waals surface area contributed by atoms with Crippen LogP contribution < -0.4 is 0 Å². The lowest BCUT2D eigenvalue weighted by molar-refractivity contribution is 0.633. The first-order valence-corrected chi connectivity index (χ1v) is 56.3. The van der Waals surface area contributed by atoms with Crippen LogP contribution in [0.3, 0.4) is 0 Å². The molecule has 0 bridgehead atoms. The highest BCUT2D eigenvalue weighted by Crippen LogP contribution is 2.53. The van der Waals surface area contributed by atoms with Crippen molar-refractivity contribution in [2.45, 2.75) is 342 Å². The molecule has 0 aliphatic heterocycles. The predicted molar refractivity (Wildman–Crippen MR) is 637 cm³/mol. The Kier molecular flexibility index (Phi) is 31.8. The third-order valence-electron chi connectivity index (χ3n) is 29.0. The average molecular weight is 2040 g/mol. The van der Waals surface area contributed by atoms with Crippen LogP contribution in [0.15, 0.2) is 170 Å². The molecule has 0 saturated heterocycles. The highest BCUT2D eigenvalue weighted by atomic mass is 32.1. The number of H-pyrrole nitrogens is 8. The fraction of sp³-hybridized carbons (Fsp3) is 0.406. The third kappa shape index (κ3) is 22.4. The number of nitrogens with one attached hydrogen (secondary N) is 8. The molecule has 2 aliphatic carbocycles. The molecular formula is C128H156N20S2. The molecule has 22 heteroatoms. The van der Waals surface area contributed by atoms with E-state index in [9.17, 15) is 0 Å². The van der Waals surface area contributed by atoms with Crippen LogP contribution in [0, 0.1) is 0 Å². The van der Waals surface area contributed by atoms with Gasteiger partial charge in [0.2, 0.25) is 0 Å². The Morgan fingerprint density at radius 1 is 0.273 bits per heavy atom. The van der Waals surface area contributed by atoms with Crippen molar-refractivity contribution in [3.05, 3.63) is 283 Å². The van der Waals surface area contributed by atoms with E-state index in [0.29, 0.717) is 94.7 Å². The van der Waals surface area contributed by atoms with Gasteiger partial charge in [0.1, 0.15) is 74.5 Å². The minimum absolute atomic E-state index is 0.0639. The van der Waals surface area contributed by atoms with Crippen molar-refractivity contribution in [2.75, 3.05) is 0 Å². The van der Waals surface area contributed by atoms with E-state index in [0.717, 1.165) is 152 Å². The minimum Gasteiger partial charge on any atom is -0.364 e. The summed E-state index contributed by atoms with van der Waals surface area (Å²) in [5.74, 6) is 15.9. The van der Waals surface area contributed by atoms with Crippen LogP contribution in [-0.2, 0) is 11.8 Å². The normalized spacial score (nSPS) is 12.8. The highest BCUT2D eigenvalue weighted by molar-refractivity contribution is 7.16. The standard InChI is InChI=1S/2C17H20N2.4C16H19N3.C16H22N2S.C14H18N2S/c1-10(2)12-5-7-14-13(9-12)6-8-15-16(14)19-17(18-15)11(3)4;1-10(2)12-6-5-7-14-13(12)8-9-15-16(14)19-17(18-15)11(3)4;1-9(2)14-7-11-5-6-13-15(12(11)8-17-14)19-16(18-13)10(3)4;1-9(2)12-7-11-5-6-13-15(14(11)17-8-12)19-16(18-13)10(3)4;1-9(2)11-5-6-12-13(7-11)17-8-14-15(12)19-16(18-14)10(3)4;1-9(2)12-6-5-11-13(17-12)7-8-14-15(11)19-16(18-14)10(3)4;1-8(2)11-7-10-13(19-11)12-14(16(10,5)6)18-15(17-12)9(3)4;1-7(2)11-6-9-5-10-12(13(9)17-11)16-14(15-10)8(3)4/h2*5-11H,1-4H3,(H,18,19);5-10,17H,1-4H3;2*5-10H,1-4H3,(H,18,19);5-10,17H,1-4H3;7-9H,1-6H3,(H,17,18);6-8H,5H2,1-4H3,(H,15,16). The second kappa shape index (κ2) is 44.2. The second-order valence-corrected chi connectivity index (χ2v) is 48.9. The van der Waals surface area contributed by atoms with Gasteiger partial charge < -0.3 is 39.9 Å². The number of hydrogen-bond donors (Lipinski definition) is 8. The zero-order valence-corrected chi connectivity index (χ0v) is 96.4. The molecule has 150 heavy (non-hydrogen) atoms. The van der Waals surface area contributed by atoms with Crippen molar-refractivity contribution in [3.8, 4) is 21.1 Å². The lowest BCUT2D eigenvalue weighted by Crippen LogP contribution is -2.15. The van der Waals surface area contributed by atoms with E-state index in [1.165, 1.54) is 119 Å². The summed E-state index contributed by atoms with van der Waals surface area (Å²) in [4.78, 5) is 89.5. The maximum absolute atomic E-state index is 4.85. The Morgan fingerprint density at radius 2 is 0.740 bits per heavy atom. The fourth-order valence-corrected chi connectivity index (χ4v) is 21.9. The molecule has 2 aliphatic rings. The molecule has 0 amide bonds. The van der Waals surface area contributed by atoms with E-state index >= 15 is 0 Å². The maximum atomic E-state index is 4.85. The Morgan fingerprint density at radius 3 is 1.31 bits per heavy atom. The summed E-state index contributed by atoms with van der Waals surface area (Å²) in [6, 6.07) is 54.5. The molecule has 0 fully saturated rings. The van der Waals surface area contributed by atoms with Gasteiger partial charge in [0.15, 0.2) is 0 Å². The monoisotopic (exact) mass is 2040 g/mol. The van der Waals surface area contributed by atoms with E-state index in [4.69, 9.17) is 29.9 Å². The van der Waals surface area contributed by atoms with Gasteiger partial charge in [0.25, 0.3) is 0 Å². The van der Waals surface area contributed by atoms with Crippen molar-refractivity contribution in [1.82, 2.24) is 99.7 Å². The van der Waals surface area contributed by atoms with Crippen LogP contribution in [0.2, 0.25) is 0 Å². The van der Waals surface area contributed by atoms with Gasteiger partial charge in [-0.1, -0.05) is 308 Å². The number of fused-ring (bicyclic) bond motifs is 24. The van der Waals surface area contributed by atoms with Gasteiger partial charge >= 0.3 is 0 Å². The molecule has 24 rings (SSSR count). The Hall–Kier alpha value is -13.4. The van der Waals surface area contributed by atoms with Crippen molar-refractivity contribution in [3.63, 3.8) is 0 Å². The lowest BCUT2D eigenvalue weighted by atomic mass is 9.86. The van der Waals surface area contributed by atoms with Gasteiger partial charge in [0.05, 0.1) is 82.3 Å². The van der Waals surface area contributed by atoms with Crippen molar-refractivity contribution >= 4 is 154 Å². The van der Waals surface area contributed by atoms with Crippen LogP contribution in [0.1, 0.15) is 443 Å². The van der Waals surface area contributed by atoms with Crippen LogP contribution in [0.5, 0.6) is 0 Å². The Bertz CT molecular complexity index is 7740. The number of aromatic amines is 8. The average Bonchev–Trinajstić information content (AvgIpc) is 1.55. The van der Waals surface area contributed by atoms with Gasteiger partial charge in [-0.2, -0.15) is 0 Å². The Balaban J connectivity index is 0.000000117. The molecule has 14 heterocycles. The molecule has 0 unspecified atom stereocenters. The second-order valence-electron chi connectivity index (χ2n) is 46.7. The lowest BCUT2D eigenvalue weighted by Gasteiger charge is -2.18. The molecule has 0 spiro atoms. The van der Waals surface area contributed by atoms with Gasteiger partial charge in [-0.25, -0.2) is 49.8 Å². The molecule has 0 radical (unpaired) electrons. The first kappa shape index (κ1) is 108. The van der Waals surface area contributed by atoms with Gasteiger partial charge in [-0.3, -0.25) is 9.97 Å². The zero-order valence-electron chi connectivity index (χ0n) is 94.8. The van der Waals surface area contributed by atoms with Crippen LogP contribution in [-0.4, -0.2) is 99.7 Å². The fourth-order valence-electron chi connectivity index (χ4n) is 19.4. The zero-order chi connectivity index (χ0) is 108. The highest BCUT2D eigenvalue weighted by Gasteiger charge is 2.41. The van der Waals surface area contributed by atoms with E-state index in [-0.39, 0.29) is 5.41 Å². The largest absolute Gasteiger partial charge is 0.364 e. The third-order valence-corrected chi connectivity index (χ3v) is 32.0.